The minimum absolute atomic E-state index is 0.133. The standard InChI is InChI=1S/C18H24N2O2/c19-15(5-4-13-21-17-6-2-1-3-7-17)12-14-22-18-10-8-16(20)9-11-18/h1-3,6-11,15H,4-5,12-14,19-20H2. The van der Waals surface area contributed by atoms with Crippen LogP contribution in [0.4, 0.5) is 5.69 Å². The van der Waals surface area contributed by atoms with Gasteiger partial charge in [-0.1, -0.05) is 18.2 Å². The van der Waals surface area contributed by atoms with Gasteiger partial charge < -0.3 is 20.9 Å². The monoisotopic (exact) mass is 300 g/mol. The zero-order chi connectivity index (χ0) is 15.6. The molecule has 0 aliphatic carbocycles. The molecule has 2 aromatic rings. The average molecular weight is 300 g/mol. The van der Waals surface area contributed by atoms with Gasteiger partial charge in [0, 0.05) is 11.7 Å². The Morgan fingerprint density at radius 2 is 1.41 bits per heavy atom. The first-order valence-corrected chi connectivity index (χ1v) is 7.66. The summed E-state index contributed by atoms with van der Waals surface area (Å²) >= 11 is 0. The average Bonchev–Trinajstić information content (AvgIpc) is 2.54. The molecule has 4 nitrogen and oxygen atoms in total. The van der Waals surface area contributed by atoms with Crippen LogP contribution in [0.25, 0.3) is 0 Å². The summed E-state index contributed by atoms with van der Waals surface area (Å²) in [7, 11) is 0. The smallest absolute Gasteiger partial charge is 0.119 e. The molecule has 4 N–H and O–H groups in total. The Balaban J connectivity index is 1.54. The Labute approximate surface area is 132 Å². The lowest BCUT2D eigenvalue weighted by Gasteiger charge is -2.13. The van der Waals surface area contributed by atoms with E-state index in [0.29, 0.717) is 13.2 Å². The quantitative estimate of drug-likeness (QED) is 0.551. The molecule has 1 unspecified atom stereocenters. The summed E-state index contributed by atoms with van der Waals surface area (Å²) < 4.78 is 11.3. The number of benzene rings is 2. The highest BCUT2D eigenvalue weighted by molar-refractivity contribution is 5.41. The zero-order valence-corrected chi connectivity index (χ0v) is 12.8. The van der Waals surface area contributed by atoms with Crippen molar-refractivity contribution in [3.63, 3.8) is 0 Å². The van der Waals surface area contributed by atoms with Crippen molar-refractivity contribution in [2.45, 2.75) is 25.3 Å². The molecule has 0 fully saturated rings. The lowest BCUT2D eigenvalue weighted by Crippen LogP contribution is -2.23. The largest absolute Gasteiger partial charge is 0.494 e. The van der Waals surface area contributed by atoms with Crippen LogP contribution < -0.4 is 20.9 Å². The van der Waals surface area contributed by atoms with E-state index >= 15 is 0 Å². The Morgan fingerprint density at radius 3 is 2.14 bits per heavy atom. The predicted molar refractivity (Wildman–Crippen MR) is 90.1 cm³/mol. The number of nitrogen functional groups attached to an aromatic ring is 1. The highest BCUT2D eigenvalue weighted by Crippen LogP contribution is 2.14. The van der Waals surface area contributed by atoms with Gasteiger partial charge in [0.2, 0.25) is 0 Å². The van der Waals surface area contributed by atoms with Crippen LogP contribution in [0, 0.1) is 0 Å². The molecular formula is C18H24N2O2. The first-order valence-electron chi connectivity index (χ1n) is 7.66. The van der Waals surface area contributed by atoms with Gasteiger partial charge in [-0.2, -0.15) is 0 Å². The van der Waals surface area contributed by atoms with Crippen molar-refractivity contribution >= 4 is 5.69 Å². The third kappa shape index (κ3) is 6.06. The van der Waals surface area contributed by atoms with E-state index in [-0.39, 0.29) is 6.04 Å². The summed E-state index contributed by atoms with van der Waals surface area (Å²) in [5.74, 6) is 1.73. The van der Waals surface area contributed by atoms with Crippen LogP contribution in [-0.2, 0) is 0 Å². The van der Waals surface area contributed by atoms with Crippen LogP contribution in [0.15, 0.2) is 54.6 Å². The summed E-state index contributed by atoms with van der Waals surface area (Å²) in [6.07, 6.45) is 2.70. The highest BCUT2D eigenvalue weighted by Gasteiger charge is 2.03. The maximum Gasteiger partial charge on any atom is 0.119 e. The molecule has 0 heterocycles. The van der Waals surface area contributed by atoms with E-state index < -0.39 is 0 Å². The maximum atomic E-state index is 6.09. The van der Waals surface area contributed by atoms with Crippen molar-refractivity contribution in [3.05, 3.63) is 54.6 Å². The summed E-state index contributed by atoms with van der Waals surface area (Å²) in [6.45, 7) is 1.31. The molecule has 0 aliphatic heterocycles. The van der Waals surface area contributed by atoms with Gasteiger partial charge in [0.05, 0.1) is 13.2 Å². The second-order valence-corrected chi connectivity index (χ2v) is 5.27. The molecule has 0 spiro atoms. The fraction of sp³-hybridized carbons (Fsp3) is 0.333. The SMILES string of the molecule is Nc1ccc(OCCC(N)CCCOc2ccccc2)cc1. The van der Waals surface area contributed by atoms with E-state index in [1.165, 1.54) is 0 Å². The second kappa shape index (κ2) is 8.95. The maximum absolute atomic E-state index is 6.09. The molecule has 2 rings (SSSR count). The van der Waals surface area contributed by atoms with Gasteiger partial charge in [0.15, 0.2) is 0 Å². The number of nitrogens with two attached hydrogens (primary N) is 2. The van der Waals surface area contributed by atoms with Gasteiger partial charge in [0.25, 0.3) is 0 Å². The fourth-order valence-corrected chi connectivity index (χ4v) is 2.09. The van der Waals surface area contributed by atoms with Crippen molar-refractivity contribution in [1.82, 2.24) is 0 Å². The van der Waals surface area contributed by atoms with Gasteiger partial charge in [0.1, 0.15) is 11.5 Å². The van der Waals surface area contributed by atoms with Crippen molar-refractivity contribution in [1.29, 1.82) is 0 Å². The number of rotatable bonds is 9. The van der Waals surface area contributed by atoms with E-state index in [1.807, 2.05) is 54.6 Å². The summed E-state index contributed by atoms with van der Waals surface area (Å²) in [4.78, 5) is 0. The number of hydrogen-bond donors (Lipinski definition) is 2. The molecular weight excluding hydrogens is 276 g/mol. The van der Waals surface area contributed by atoms with E-state index in [4.69, 9.17) is 20.9 Å². The molecule has 22 heavy (non-hydrogen) atoms. The van der Waals surface area contributed by atoms with Crippen LogP contribution in [0.3, 0.4) is 0 Å². The Kier molecular flexibility index (Phi) is 6.58. The van der Waals surface area contributed by atoms with Gasteiger partial charge in [-0.05, 0) is 55.7 Å². The Morgan fingerprint density at radius 1 is 0.773 bits per heavy atom. The molecule has 0 radical (unpaired) electrons. The first-order chi connectivity index (χ1) is 10.7. The molecule has 1 atom stereocenters. The molecule has 0 aliphatic rings. The summed E-state index contributed by atoms with van der Waals surface area (Å²) in [5.41, 5.74) is 12.5. The third-order valence-electron chi connectivity index (χ3n) is 3.37. The molecule has 0 saturated heterocycles. The Bertz CT molecular complexity index is 529. The fourth-order valence-electron chi connectivity index (χ4n) is 2.09. The van der Waals surface area contributed by atoms with Crippen molar-refractivity contribution in [2.75, 3.05) is 18.9 Å². The van der Waals surface area contributed by atoms with Crippen LogP contribution in [0.1, 0.15) is 19.3 Å². The summed E-state index contributed by atoms with van der Waals surface area (Å²) in [5, 5.41) is 0. The van der Waals surface area contributed by atoms with Gasteiger partial charge in [-0.25, -0.2) is 0 Å². The predicted octanol–water partition coefficient (Wildman–Crippen LogP) is 3.22. The molecule has 0 saturated carbocycles. The van der Waals surface area contributed by atoms with Gasteiger partial charge in [-0.15, -0.1) is 0 Å². The second-order valence-electron chi connectivity index (χ2n) is 5.27. The normalized spacial score (nSPS) is 11.9. The third-order valence-corrected chi connectivity index (χ3v) is 3.37. The lowest BCUT2D eigenvalue weighted by atomic mass is 10.1. The number of ether oxygens (including phenoxy) is 2. The van der Waals surface area contributed by atoms with E-state index in [2.05, 4.69) is 0 Å². The van der Waals surface area contributed by atoms with Gasteiger partial charge >= 0.3 is 0 Å². The molecule has 0 aromatic heterocycles. The number of anilines is 1. The minimum Gasteiger partial charge on any atom is -0.494 e. The highest BCUT2D eigenvalue weighted by atomic mass is 16.5. The number of para-hydroxylation sites is 1. The van der Waals surface area contributed by atoms with E-state index in [1.54, 1.807) is 0 Å². The number of hydrogen-bond acceptors (Lipinski definition) is 4. The van der Waals surface area contributed by atoms with E-state index in [0.717, 1.165) is 36.4 Å². The molecule has 4 heteroatoms. The van der Waals surface area contributed by atoms with Crippen molar-refractivity contribution in [2.24, 2.45) is 5.73 Å². The zero-order valence-electron chi connectivity index (χ0n) is 12.8. The molecule has 118 valence electrons. The Hall–Kier alpha value is -2.20. The topological polar surface area (TPSA) is 70.5 Å². The van der Waals surface area contributed by atoms with Crippen LogP contribution in [0.2, 0.25) is 0 Å². The van der Waals surface area contributed by atoms with E-state index in [9.17, 15) is 0 Å². The van der Waals surface area contributed by atoms with Crippen LogP contribution >= 0.6 is 0 Å². The first kappa shape index (κ1) is 16.2. The molecule has 0 bridgehead atoms. The van der Waals surface area contributed by atoms with Crippen LogP contribution in [-0.4, -0.2) is 19.3 Å². The van der Waals surface area contributed by atoms with Crippen LogP contribution in [0.5, 0.6) is 11.5 Å². The lowest BCUT2D eigenvalue weighted by molar-refractivity contribution is 0.276. The molecule has 0 amide bonds. The van der Waals surface area contributed by atoms with Gasteiger partial charge in [-0.3, -0.25) is 0 Å². The van der Waals surface area contributed by atoms with Crippen molar-refractivity contribution in [3.8, 4) is 11.5 Å². The minimum atomic E-state index is 0.133. The van der Waals surface area contributed by atoms with Crippen molar-refractivity contribution < 1.29 is 9.47 Å². The summed E-state index contributed by atoms with van der Waals surface area (Å²) in [6, 6.07) is 17.4. The molecule has 2 aromatic carbocycles.